The summed E-state index contributed by atoms with van der Waals surface area (Å²) >= 11 is 0. The van der Waals surface area contributed by atoms with Crippen LogP contribution in [-0.4, -0.2) is 23.1 Å². The van der Waals surface area contributed by atoms with Crippen molar-refractivity contribution < 1.29 is 0 Å². The minimum absolute atomic E-state index is 0.927. The summed E-state index contributed by atoms with van der Waals surface area (Å²) in [6.45, 7) is 3.01. The second-order valence-corrected chi connectivity index (χ2v) is 2.66. The topological polar surface area (TPSA) is 41.9 Å². The van der Waals surface area contributed by atoms with E-state index in [1.807, 2.05) is 13.4 Å². The Bertz CT molecular complexity index is 239. The maximum Gasteiger partial charge on any atom is 0.148 e. The highest BCUT2D eigenvalue weighted by Crippen LogP contribution is 2.14. The molecule has 0 bridgehead atoms. The zero-order chi connectivity index (χ0) is 7.68. The summed E-state index contributed by atoms with van der Waals surface area (Å²) in [4.78, 5) is 4.23. The third-order valence-corrected chi connectivity index (χ3v) is 2.00. The van der Waals surface area contributed by atoms with Crippen LogP contribution in [0.25, 0.3) is 0 Å². The highest BCUT2D eigenvalue weighted by Gasteiger charge is 2.12. The molecule has 11 heavy (non-hydrogen) atoms. The van der Waals surface area contributed by atoms with Gasteiger partial charge in [-0.15, -0.1) is 0 Å². The second-order valence-electron chi connectivity index (χ2n) is 2.66. The van der Waals surface area contributed by atoms with Crippen LogP contribution in [0.2, 0.25) is 0 Å². The fraction of sp³-hybridized carbons (Fsp3) is 0.571. The third-order valence-electron chi connectivity index (χ3n) is 2.00. The molecule has 0 fully saturated rings. The predicted octanol–water partition coefficient (Wildman–Crippen LogP) is 0.0280. The molecule has 0 saturated heterocycles. The molecular formula is C7H12N4. The fourth-order valence-electron chi connectivity index (χ4n) is 1.40. The predicted molar refractivity (Wildman–Crippen MR) is 43.5 cm³/mol. The van der Waals surface area contributed by atoms with Crippen LogP contribution < -0.4 is 10.6 Å². The summed E-state index contributed by atoms with van der Waals surface area (Å²) in [5.41, 5.74) is 1.26. The van der Waals surface area contributed by atoms with Crippen molar-refractivity contribution in [3.05, 3.63) is 12.0 Å². The monoisotopic (exact) mass is 152 g/mol. The molecule has 0 unspecified atom stereocenters. The van der Waals surface area contributed by atoms with Crippen molar-refractivity contribution in [3.8, 4) is 0 Å². The highest BCUT2D eigenvalue weighted by molar-refractivity contribution is 5.40. The number of nitrogens with one attached hydrogen (secondary N) is 2. The van der Waals surface area contributed by atoms with E-state index in [2.05, 4.69) is 20.2 Å². The van der Waals surface area contributed by atoms with Crippen LogP contribution in [0.3, 0.4) is 0 Å². The van der Waals surface area contributed by atoms with Crippen molar-refractivity contribution in [2.45, 2.75) is 13.1 Å². The van der Waals surface area contributed by atoms with E-state index in [4.69, 9.17) is 0 Å². The molecule has 0 aliphatic carbocycles. The van der Waals surface area contributed by atoms with Gasteiger partial charge >= 0.3 is 0 Å². The molecule has 0 atom stereocenters. The van der Waals surface area contributed by atoms with Gasteiger partial charge in [0, 0.05) is 26.7 Å². The first kappa shape index (κ1) is 6.67. The lowest BCUT2D eigenvalue weighted by atomic mass is 10.3. The largest absolute Gasteiger partial charge is 0.372 e. The molecule has 2 N–H and O–H groups in total. The second kappa shape index (κ2) is 2.54. The molecule has 1 aliphatic rings. The highest BCUT2D eigenvalue weighted by atomic mass is 15.2. The average molecular weight is 152 g/mol. The maximum absolute atomic E-state index is 4.23. The number of hydrogen-bond acceptors (Lipinski definition) is 3. The van der Waals surface area contributed by atoms with Gasteiger partial charge in [0.15, 0.2) is 0 Å². The van der Waals surface area contributed by atoms with Crippen LogP contribution >= 0.6 is 0 Å². The normalized spacial score (nSPS) is 16.1. The van der Waals surface area contributed by atoms with Crippen molar-refractivity contribution in [1.82, 2.24) is 14.9 Å². The molecule has 0 spiro atoms. The smallest absolute Gasteiger partial charge is 0.148 e. The van der Waals surface area contributed by atoms with Crippen molar-refractivity contribution in [2.24, 2.45) is 0 Å². The van der Waals surface area contributed by atoms with Gasteiger partial charge in [-0.1, -0.05) is 0 Å². The molecule has 1 aliphatic heterocycles. The van der Waals surface area contributed by atoms with Crippen LogP contribution in [-0.2, 0) is 13.1 Å². The Morgan fingerprint density at radius 2 is 2.64 bits per heavy atom. The average Bonchev–Trinajstić information content (AvgIpc) is 2.47. The van der Waals surface area contributed by atoms with Crippen LogP contribution in [0, 0.1) is 0 Å². The van der Waals surface area contributed by atoms with Crippen LogP contribution in [0.1, 0.15) is 5.69 Å². The molecule has 2 rings (SSSR count). The Morgan fingerprint density at radius 3 is 3.45 bits per heavy atom. The van der Waals surface area contributed by atoms with E-state index < -0.39 is 0 Å². The molecule has 0 amide bonds. The summed E-state index contributed by atoms with van der Waals surface area (Å²) in [6.07, 6.45) is 1.89. The zero-order valence-electron chi connectivity index (χ0n) is 6.59. The lowest BCUT2D eigenvalue weighted by molar-refractivity contribution is 0.517. The van der Waals surface area contributed by atoms with E-state index in [0.29, 0.717) is 0 Å². The minimum atomic E-state index is 0.927. The van der Waals surface area contributed by atoms with Gasteiger partial charge in [0.1, 0.15) is 5.82 Å². The summed E-state index contributed by atoms with van der Waals surface area (Å²) in [5, 5.41) is 6.36. The zero-order valence-corrected chi connectivity index (χ0v) is 6.59. The van der Waals surface area contributed by atoms with Gasteiger partial charge in [-0.05, 0) is 0 Å². The van der Waals surface area contributed by atoms with Gasteiger partial charge in [-0.25, -0.2) is 4.98 Å². The third kappa shape index (κ3) is 0.991. The maximum atomic E-state index is 4.23. The number of rotatable bonds is 1. The summed E-state index contributed by atoms with van der Waals surface area (Å²) < 4.78 is 2.18. The molecule has 60 valence electrons. The first-order valence-electron chi connectivity index (χ1n) is 3.84. The van der Waals surface area contributed by atoms with E-state index in [1.165, 1.54) is 5.69 Å². The molecular weight excluding hydrogens is 140 g/mol. The van der Waals surface area contributed by atoms with Crippen molar-refractivity contribution in [3.63, 3.8) is 0 Å². The molecule has 0 saturated carbocycles. The Hall–Kier alpha value is -1.03. The van der Waals surface area contributed by atoms with E-state index in [-0.39, 0.29) is 0 Å². The molecule has 2 heterocycles. The van der Waals surface area contributed by atoms with Gasteiger partial charge in [0.25, 0.3) is 0 Å². The van der Waals surface area contributed by atoms with Crippen LogP contribution in [0.4, 0.5) is 5.82 Å². The molecule has 1 aromatic rings. The number of aromatic nitrogens is 2. The van der Waals surface area contributed by atoms with E-state index in [1.54, 1.807) is 0 Å². The van der Waals surface area contributed by atoms with Crippen molar-refractivity contribution >= 4 is 5.82 Å². The first-order valence-corrected chi connectivity index (χ1v) is 3.84. The Labute approximate surface area is 65.6 Å². The fourth-order valence-corrected chi connectivity index (χ4v) is 1.40. The number of nitrogens with zero attached hydrogens (tertiary/aromatic N) is 2. The lowest BCUT2D eigenvalue weighted by Gasteiger charge is -2.16. The SMILES string of the molecule is CNc1ncn2c1CNCC2. The van der Waals surface area contributed by atoms with Gasteiger partial charge in [0.2, 0.25) is 0 Å². The van der Waals surface area contributed by atoms with Crippen LogP contribution in [0.15, 0.2) is 6.33 Å². The van der Waals surface area contributed by atoms with Crippen molar-refractivity contribution in [1.29, 1.82) is 0 Å². The van der Waals surface area contributed by atoms with E-state index >= 15 is 0 Å². The molecule has 1 aromatic heterocycles. The number of hydrogen-bond donors (Lipinski definition) is 2. The first-order chi connectivity index (χ1) is 5.42. The lowest BCUT2D eigenvalue weighted by Crippen LogP contribution is -2.27. The number of imidazole rings is 1. The summed E-state index contributed by atoms with van der Waals surface area (Å²) in [7, 11) is 1.90. The number of anilines is 1. The standard InChI is InChI=1S/C7H12N4/c1-8-7-6-4-9-2-3-11(6)5-10-7/h5,8-9H,2-4H2,1H3. The van der Waals surface area contributed by atoms with E-state index in [9.17, 15) is 0 Å². The molecule has 0 aromatic carbocycles. The number of fused-ring (bicyclic) bond motifs is 1. The molecule has 4 heteroatoms. The molecule has 0 radical (unpaired) electrons. The van der Waals surface area contributed by atoms with Gasteiger partial charge in [0.05, 0.1) is 12.0 Å². The Morgan fingerprint density at radius 1 is 1.73 bits per heavy atom. The molecule has 4 nitrogen and oxygen atoms in total. The Kier molecular flexibility index (Phi) is 1.54. The van der Waals surface area contributed by atoms with Gasteiger partial charge in [-0.2, -0.15) is 0 Å². The van der Waals surface area contributed by atoms with Gasteiger partial charge < -0.3 is 15.2 Å². The van der Waals surface area contributed by atoms with Gasteiger partial charge in [-0.3, -0.25) is 0 Å². The quantitative estimate of drug-likeness (QED) is 0.596. The van der Waals surface area contributed by atoms with Crippen molar-refractivity contribution in [2.75, 3.05) is 18.9 Å². The Balaban J connectivity index is 2.38. The van der Waals surface area contributed by atoms with E-state index in [0.717, 1.165) is 25.5 Å². The van der Waals surface area contributed by atoms with Crippen LogP contribution in [0.5, 0.6) is 0 Å². The summed E-state index contributed by atoms with van der Waals surface area (Å²) in [5.74, 6) is 0.997. The minimum Gasteiger partial charge on any atom is -0.372 e. The summed E-state index contributed by atoms with van der Waals surface area (Å²) in [6, 6.07) is 0.